The van der Waals surface area contributed by atoms with Gasteiger partial charge in [-0.2, -0.15) is 0 Å². The van der Waals surface area contributed by atoms with Crippen LogP contribution >= 0.6 is 11.3 Å². The third-order valence-corrected chi connectivity index (χ3v) is 5.65. The normalized spacial score (nSPS) is 27.2. The summed E-state index contributed by atoms with van der Waals surface area (Å²) in [6.07, 6.45) is 3.40. The van der Waals surface area contributed by atoms with E-state index >= 15 is 0 Å². The van der Waals surface area contributed by atoms with Gasteiger partial charge < -0.3 is 10.2 Å². The van der Waals surface area contributed by atoms with Gasteiger partial charge in [-0.15, -0.1) is 0 Å². The Morgan fingerprint density at radius 3 is 3.09 bits per heavy atom. The van der Waals surface area contributed by atoms with Crippen molar-refractivity contribution in [2.75, 3.05) is 23.3 Å². The minimum absolute atomic E-state index is 0.279. The second-order valence-electron chi connectivity index (χ2n) is 6.55. The number of halogens is 1. The fourth-order valence-electron chi connectivity index (χ4n) is 3.08. The molecule has 122 valence electrons. The van der Waals surface area contributed by atoms with Crippen molar-refractivity contribution < 1.29 is 9.18 Å². The van der Waals surface area contributed by atoms with Gasteiger partial charge in [0.1, 0.15) is 6.17 Å². The average Bonchev–Trinajstić information content (AvgIpc) is 3.10. The fraction of sp³-hybridized carbons (Fsp3) is 0.562. The topological polar surface area (TPSA) is 58.1 Å². The van der Waals surface area contributed by atoms with Crippen LogP contribution in [0.1, 0.15) is 26.2 Å². The number of nitrogens with zero attached hydrogens (tertiary/aromatic N) is 3. The lowest BCUT2D eigenvalue weighted by atomic mass is 10.0. The van der Waals surface area contributed by atoms with E-state index in [1.807, 2.05) is 6.07 Å². The minimum Gasteiger partial charge on any atom is -0.348 e. The predicted molar refractivity (Wildman–Crippen MR) is 89.7 cm³/mol. The Hall–Kier alpha value is -1.76. The van der Waals surface area contributed by atoms with Crippen LogP contribution in [0.15, 0.2) is 12.3 Å². The first-order chi connectivity index (χ1) is 11.1. The monoisotopic (exact) mass is 334 g/mol. The molecule has 0 bridgehead atoms. The first-order valence-electron chi connectivity index (χ1n) is 8.07. The van der Waals surface area contributed by atoms with Crippen LogP contribution in [0.3, 0.4) is 0 Å². The summed E-state index contributed by atoms with van der Waals surface area (Å²) in [7, 11) is 0. The number of rotatable bonds is 3. The Balaban J connectivity index is 1.60. The maximum atomic E-state index is 13.0. The van der Waals surface area contributed by atoms with Crippen LogP contribution in [0.25, 0.3) is 10.2 Å². The molecule has 7 heteroatoms. The molecule has 1 N–H and O–H groups in total. The molecule has 23 heavy (non-hydrogen) atoms. The summed E-state index contributed by atoms with van der Waals surface area (Å²) in [6, 6.07) is 1.85. The zero-order chi connectivity index (χ0) is 16.0. The number of thiazole rings is 1. The Labute approximate surface area is 137 Å². The minimum atomic E-state index is -0.999. The van der Waals surface area contributed by atoms with Gasteiger partial charge in [-0.1, -0.05) is 18.3 Å². The Morgan fingerprint density at radius 1 is 1.52 bits per heavy atom. The van der Waals surface area contributed by atoms with Crippen molar-refractivity contribution in [1.29, 1.82) is 0 Å². The number of amides is 1. The Kier molecular flexibility index (Phi) is 3.67. The highest BCUT2D eigenvalue weighted by Crippen LogP contribution is 2.37. The molecule has 0 spiro atoms. The third-order valence-electron chi connectivity index (χ3n) is 4.51. The second kappa shape index (κ2) is 5.70. The van der Waals surface area contributed by atoms with Crippen molar-refractivity contribution in [2.45, 2.75) is 32.4 Å². The number of hydrogen-bond donors (Lipinski definition) is 1. The Morgan fingerprint density at radius 2 is 2.35 bits per heavy atom. The molecular weight excluding hydrogens is 315 g/mol. The molecule has 3 atom stereocenters. The molecule has 1 amide bonds. The molecule has 2 aromatic heterocycles. The van der Waals surface area contributed by atoms with Crippen LogP contribution in [-0.2, 0) is 4.79 Å². The smallest absolute Gasteiger partial charge is 0.231 e. The van der Waals surface area contributed by atoms with Crippen LogP contribution < -0.4 is 10.2 Å². The number of carbonyl (C=O) groups excluding carboxylic acids is 1. The van der Waals surface area contributed by atoms with Crippen LogP contribution in [0.4, 0.5) is 15.3 Å². The molecular formula is C16H19FN4OS. The molecule has 1 aliphatic carbocycles. The van der Waals surface area contributed by atoms with Gasteiger partial charge in [0.25, 0.3) is 0 Å². The Bertz CT molecular complexity index is 749. The summed E-state index contributed by atoms with van der Waals surface area (Å²) in [5, 5.41) is 3.74. The number of pyridine rings is 1. The van der Waals surface area contributed by atoms with Crippen molar-refractivity contribution in [2.24, 2.45) is 11.8 Å². The maximum absolute atomic E-state index is 13.0. The molecule has 1 aliphatic heterocycles. The van der Waals surface area contributed by atoms with Gasteiger partial charge in [0.05, 0.1) is 16.1 Å². The summed E-state index contributed by atoms with van der Waals surface area (Å²) in [5.41, 5.74) is 0.834. The van der Waals surface area contributed by atoms with E-state index in [1.165, 1.54) is 12.8 Å². The molecule has 2 aromatic rings. The van der Waals surface area contributed by atoms with Gasteiger partial charge in [-0.05, 0) is 31.2 Å². The highest BCUT2D eigenvalue weighted by atomic mass is 32.1. The largest absolute Gasteiger partial charge is 0.348 e. The number of nitrogens with one attached hydrogen (secondary N) is 1. The van der Waals surface area contributed by atoms with Crippen LogP contribution in [0.5, 0.6) is 0 Å². The number of hydrogen-bond acceptors (Lipinski definition) is 5. The quantitative estimate of drug-likeness (QED) is 0.936. The van der Waals surface area contributed by atoms with E-state index < -0.39 is 12.1 Å². The highest BCUT2D eigenvalue weighted by molar-refractivity contribution is 7.22. The van der Waals surface area contributed by atoms with Gasteiger partial charge in [-0.25, -0.2) is 14.4 Å². The van der Waals surface area contributed by atoms with E-state index in [9.17, 15) is 9.18 Å². The second-order valence-corrected chi connectivity index (χ2v) is 7.52. The van der Waals surface area contributed by atoms with Crippen molar-refractivity contribution in [3.8, 4) is 0 Å². The van der Waals surface area contributed by atoms with Crippen molar-refractivity contribution >= 4 is 38.4 Å². The van der Waals surface area contributed by atoms with E-state index in [1.54, 1.807) is 17.5 Å². The number of piperidine rings is 1. The molecule has 0 aromatic carbocycles. The van der Waals surface area contributed by atoms with E-state index in [-0.39, 0.29) is 5.91 Å². The van der Waals surface area contributed by atoms with Gasteiger partial charge in [0.2, 0.25) is 5.91 Å². The summed E-state index contributed by atoms with van der Waals surface area (Å²) in [6.45, 7) is 4.29. The lowest BCUT2D eigenvalue weighted by Gasteiger charge is -2.30. The van der Waals surface area contributed by atoms with E-state index in [0.29, 0.717) is 18.2 Å². The molecule has 1 saturated heterocycles. The lowest BCUT2D eigenvalue weighted by Crippen LogP contribution is -2.34. The summed E-state index contributed by atoms with van der Waals surface area (Å²) >= 11 is 1.55. The number of aromatic nitrogens is 2. The molecule has 0 unspecified atom stereocenters. The molecule has 2 fully saturated rings. The molecule has 1 saturated carbocycles. The van der Waals surface area contributed by atoms with Crippen LogP contribution in [0, 0.1) is 11.8 Å². The summed E-state index contributed by atoms with van der Waals surface area (Å²) in [5.74, 6) is 0.381. The molecule has 2 aliphatic rings. The summed E-state index contributed by atoms with van der Waals surface area (Å²) in [4.78, 5) is 23.2. The van der Waals surface area contributed by atoms with Crippen molar-refractivity contribution in [1.82, 2.24) is 9.97 Å². The zero-order valence-electron chi connectivity index (χ0n) is 13.0. The predicted octanol–water partition coefficient (Wildman–Crippen LogP) is 3.22. The van der Waals surface area contributed by atoms with E-state index in [0.717, 1.165) is 28.4 Å². The van der Waals surface area contributed by atoms with Crippen LogP contribution in [0.2, 0.25) is 0 Å². The number of anilines is 2. The fourth-order valence-corrected chi connectivity index (χ4v) is 4.12. The summed E-state index contributed by atoms with van der Waals surface area (Å²) < 4.78 is 13.9. The van der Waals surface area contributed by atoms with Crippen molar-refractivity contribution in [3.05, 3.63) is 12.3 Å². The van der Waals surface area contributed by atoms with Crippen molar-refractivity contribution in [3.63, 3.8) is 0 Å². The molecule has 4 rings (SSSR count). The first kappa shape index (κ1) is 14.8. The standard InChI is InChI=1S/C16H19FN4OS/c1-9-3-2-6-21(8-9)16-19-12-4-5-18-14(13(12)23-16)20-15(22)10-7-11(10)17/h4-5,9-11H,2-3,6-8H2,1H3,(H,18,20,22)/t9-,10+,11+/m1/s1. The van der Waals surface area contributed by atoms with E-state index in [4.69, 9.17) is 4.98 Å². The van der Waals surface area contributed by atoms with Gasteiger partial charge >= 0.3 is 0 Å². The van der Waals surface area contributed by atoms with E-state index in [2.05, 4.69) is 22.1 Å². The molecule has 0 radical (unpaired) electrons. The van der Waals surface area contributed by atoms with Crippen LogP contribution in [-0.4, -0.2) is 35.1 Å². The number of fused-ring (bicyclic) bond motifs is 1. The van der Waals surface area contributed by atoms with Gasteiger partial charge in [-0.3, -0.25) is 4.79 Å². The molecule has 5 nitrogen and oxygen atoms in total. The number of carbonyl (C=O) groups is 1. The SMILES string of the molecule is C[C@@H]1CCCN(c2nc3ccnc(NC(=O)[C@H]4C[C@@H]4F)c3s2)C1. The third kappa shape index (κ3) is 2.89. The van der Waals surface area contributed by atoms with Gasteiger partial charge in [0.15, 0.2) is 10.9 Å². The molecule has 3 heterocycles. The maximum Gasteiger partial charge on any atom is 0.231 e. The zero-order valence-corrected chi connectivity index (χ0v) is 13.8. The number of alkyl halides is 1. The highest BCUT2D eigenvalue weighted by Gasteiger charge is 2.43. The van der Waals surface area contributed by atoms with Gasteiger partial charge in [0, 0.05) is 19.3 Å². The lowest BCUT2D eigenvalue weighted by molar-refractivity contribution is -0.117. The average molecular weight is 334 g/mol. The first-order valence-corrected chi connectivity index (χ1v) is 8.89.